The van der Waals surface area contributed by atoms with E-state index in [0.717, 1.165) is 21.3 Å². The Morgan fingerprint density at radius 1 is 0.885 bits per heavy atom. The molecule has 0 bridgehead atoms. The molecule has 0 aliphatic carbocycles. The van der Waals surface area contributed by atoms with E-state index in [0.29, 0.717) is 5.02 Å². The Morgan fingerprint density at radius 2 is 1.35 bits per heavy atom. The van der Waals surface area contributed by atoms with E-state index < -0.39 is 41.7 Å². The Hall–Kier alpha value is -2.61. The normalized spacial score (nSPS) is 12.7. The van der Waals surface area contributed by atoms with E-state index in [2.05, 4.69) is 19.5 Å². The van der Waals surface area contributed by atoms with E-state index in [-0.39, 0.29) is 5.56 Å². The van der Waals surface area contributed by atoms with Crippen LogP contribution >= 0.6 is 11.6 Å². The second-order valence-electron chi connectivity index (χ2n) is 5.36. The molecule has 0 aromatic heterocycles. The maximum absolute atomic E-state index is 12.4. The fourth-order valence-corrected chi connectivity index (χ4v) is 2.46. The molecule has 0 aliphatic heterocycles. The molecule has 9 heteroatoms. The molecule has 0 saturated carbocycles. The number of carbonyl (C=O) groups excluding carboxylic acids is 4. The molecule has 0 spiro atoms. The molecule has 1 rings (SSSR count). The third-order valence-electron chi connectivity index (χ3n) is 3.81. The number of esters is 3. The fourth-order valence-electron chi connectivity index (χ4n) is 2.33. The Labute approximate surface area is 155 Å². The van der Waals surface area contributed by atoms with Crippen LogP contribution in [0.15, 0.2) is 24.3 Å². The van der Waals surface area contributed by atoms with Crippen LogP contribution in [0.25, 0.3) is 0 Å². The van der Waals surface area contributed by atoms with Crippen molar-refractivity contribution < 1.29 is 33.4 Å². The Morgan fingerprint density at radius 3 is 1.77 bits per heavy atom. The molecule has 0 fully saturated rings. The van der Waals surface area contributed by atoms with E-state index in [9.17, 15) is 19.2 Å². The van der Waals surface area contributed by atoms with Gasteiger partial charge in [-0.05, 0) is 24.3 Å². The van der Waals surface area contributed by atoms with E-state index in [1.54, 1.807) is 0 Å². The van der Waals surface area contributed by atoms with Gasteiger partial charge in [0, 0.05) is 16.5 Å². The number of halogens is 1. The van der Waals surface area contributed by atoms with Crippen LogP contribution in [-0.2, 0) is 28.6 Å². The molecular formula is C17H20ClNO7. The van der Waals surface area contributed by atoms with Gasteiger partial charge < -0.3 is 19.5 Å². The monoisotopic (exact) mass is 385 g/mol. The Balaban J connectivity index is 3.12. The van der Waals surface area contributed by atoms with Crippen LogP contribution in [0.4, 0.5) is 0 Å². The Bertz CT molecular complexity index is 658. The molecule has 0 heterocycles. The first kappa shape index (κ1) is 21.4. The second-order valence-corrected chi connectivity index (χ2v) is 5.80. The highest BCUT2D eigenvalue weighted by Gasteiger charge is 2.42. The van der Waals surface area contributed by atoms with Crippen molar-refractivity contribution in [3.8, 4) is 0 Å². The zero-order valence-electron chi connectivity index (χ0n) is 14.8. The maximum atomic E-state index is 12.4. The first-order valence-corrected chi connectivity index (χ1v) is 7.94. The summed E-state index contributed by atoms with van der Waals surface area (Å²) >= 11 is 5.78. The summed E-state index contributed by atoms with van der Waals surface area (Å²) in [4.78, 5) is 48.5. The van der Waals surface area contributed by atoms with Crippen molar-refractivity contribution >= 4 is 35.4 Å². The first-order valence-electron chi connectivity index (χ1n) is 7.56. The van der Waals surface area contributed by atoms with Gasteiger partial charge in [0.2, 0.25) is 0 Å². The molecule has 8 nitrogen and oxygen atoms in total. The lowest BCUT2D eigenvalue weighted by atomic mass is 9.87. The van der Waals surface area contributed by atoms with E-state index >= 15 is 0 Å². The minimum absolute atomic E-state index is 0.239. The predicted octanol–water partition coefficient (Wildman–Crippen LogP) is 1.21. The van der Waals surface area contributed by atoms with Crippen LogP contribution in [0.2, 0.25) is 5.02 Å². The number of benzene rings is 1. The molecule has 0 aliphatic rings. The molecule has 0 radical (unpaired) electrons. The summed E-state index contributed by atoms with van der Waals surface area (Å²) in [7, 11) is 3.33. The van der Waals surface area contributed by atoms with Crippen molar-refractivity contribution in [3.05, 3.63) is 34.9 Å². The number of nitrogens with one attached hydrogen (secondary N) is 1. The smallest absolute Gasteiger partial charge is 0.328 e. The predicted molar refractivity (Wildman–Crippen MR) is 91.4 cm³/mol. The number of hydrogen-bond acceptors (Lipinski definition) is 7. The lowest BCUT2D eigenvalue weighted by Crippen LogP contribution is -2.51. The van der Waals surface area contributed by atoms with Crippen molar-refractivity contribution in [1.82, 2.24) is 5.32 Å². The van der Waals surface area contributed by atoms with Crippen LogP contribution in [0.1, 0.15) is 17.3 Å². The minimum Gasteiger partial charge on any atom is -0.468 e. The van der Waals surface area contributed by atoms with E-state index in [1.165, 1.54) is 31.2 Å². The van der Waals surface area contributed by atoms with Crippen molar-refractivity contribution in [2.24, 2.45) is 11.8 Å². The molecular weight excluding hydrogens is 366 g/mol. The van der Waals surface area contributed by atoms with Crippen molar-refractivity contribution in [2.75, 3.05) is 21.3 Å². The van der Waals surface area contributed by atoms with Gasteiger partial charge in [-0.3, -0.25) is 14.4 Å². The van der Waals surface area contributed by atoms with Crippen LogP contribution < -0.4 is 5.32 Å². The maximum Gasteiger partial charge on any atom is 0.328 e. The molecule has 1 amide bonds. The Kier molecular flexibility index (Phi) is 8.05. The zero-order chi connectivity index (χ0) is 19.9. The molecule has 1 aromatic rings. The van der Waals surface area contributed by atoms with Gasteiger partial charge in [0.25, 0.3) is 5.91 Å². The third-order valence-corrected chi connectivity index (χ3v) is 4.06. The van der Waals surface area contributed by atoms with Gasteiger partial charge in [-0.25, -0.2) is 4.79 Å². The molecule has 142 valence electrons. The number of amides is 1. The van der Waals surface area contributed by atoms with Crippen molar-refractivity contribution in [1.29, 1.82) is 0 Å². The molecule has 0 unspecified atom stereocenters. The second kappa shape index (κ2) is 9.76. The van der Waals surface area contributed by atoms with Crippen LogP contribution in [0.5, 0.6) is 0 Å². The lowest BCUT2D eigenvalue weighted by Gasteiger charge is -2.27. The summed E-state index contributed by atoms with van der Waals surface area (Å²) in [5.41, 5.74) is 0.239. The average molecular weight is 386 g/mol. The summed E-state index contributed by atoms with van der Waals surface area (Å²) < 4.78 is 13.9. The van der Waals surface area contributed by atoms with Gasteiger partial charge in [0.15, 0.2) is 5.92 Å². The quantitative estimate of drug-likeness (QED) is 0.427. The van der Waals surface area contributed by atoms with Crippen LogP contribution in [0.3, 0.4) is 0 Å². The molecule has 0 saturated heterocycles. The van der Waals surface area contributed by atoms with Gasteiger partial charge in [-0.15, -0.1) is 0 Å². The summed E-state index contributed by atoms with van der Waals surface area (Å²) in [6.45, 7) is 1.43. The summed E-state index contributed by atoms with van der Waals surface area (Å²) in [6, 6.07) is 4.67. The topological polar surface area (TPSA) is 108 Å². The minimum atomic E-state index is -1.42. The number of hydrogen-bond donors (Lipinski definition) is 1. The molecule has 2 atom stereocenters. The van der Waals surface area contributed by atoms with Gasteiger partial charge >= 0.3 is 17.9 Å². The zero-order valence-corrected chi connectivity index (χ0v) is 15.5. The number of ether oxygens (including phenoxy) is 3. The largest absolute Gasteiger partial charge is 0.468 e. The lowest BCUT2D eigenvalue weighted by molar-refractivity contribution is -0.162. The van der Waals surface area contributed by atoms with Gasteiger partial charge in [0.1, 0.15) is 6.04 Å². The number of carbonyl (C=O) groups is 4. The molecule has 1 N–H and O–H groups in total. The number of rotatable bonds is 7. The molecule has 1 aromatic carbocycles. The van der Waals surface area contributed by atoms with Gasteiger partial charge in [-0.2, -0.15) is 0 Å². The average Bonchev–Trinajstić information content (AvgIpc) is 2.65. The van der Waals surface area contributed by atoms with Crippen molar-refractivity contribution in [3.63, 3.8) is 0 Å². The highest BCUT2D eigenvalue weighted by molar-refractivity contribution is 6.30. The fraction of sp³-hybridized carbons (Fsp3) is 0.412. The SMILES string of the molecule is COC(=O)C(C(=O)OC)[C@H](C)[C@H](NC(=O)c1ccc(Cl)cc1)C(=O)OC. The standard InChI is InChI=1S/C17H20ClNO7/c1-9(12(15(21)24-2)16(22)25-3)13(17(23)26-4)19-14(20)10-5-7-11(18)8-6-10/h5-9,12-13H,1-4H3,(H,19,20)/t9-,13-/m0/s1. The summed E-state index contributed by atoms with van der Waals surface area (Å²) in [6.07, 6.45) is 0. The van der Waals surface area contributed by atoms with E-state index in [4.69, 9.17) is 11.6 Å². The van der Waals surface area contributed by atoms with Crippen molar-refractivity contribution in [2.45, 2.75) is 13.0 Å². The van der Waals surface area contributed by atoms with Gasteiger partial charge in [0.05, 0.1) is 21.3 Å². The van der Waals surface area contributed by atoms with Crippen LogP contribution in [0, 0.1) is 11.8 Å². The van der Waals surface area contributed by atoms with Crippen LogP contribution in [-0.4, -0.2) is 51.2 Å². The highest BCUT2D eigenvalue weighted by Crippen LogP contribution is 2.21. The summed E-state index contributed by atoms with van der Waals surface area (Å²) in [5, 5.41) is 2.91. The van der Waals surface area contributed by atoms with E-state index in [1.807, 2.05) is 0 Å². The first-order chi connectivity index (χ1) is 12.3. The number of methoxy groups -OCH3 is 3. The highest BCUT2D eigenvalue weighted by atomic mass is 35.5. The summed E-state index contributed by atoms with van der Waals surface area (Å²) in [5.74, 6) is -5.61. The molecule has 26 heavy (non-hydrogen) atoms. The van der Waals surface area contributed by atoms with Gasteiger partial charge in [-0.1, -0.05) is 18.5 Å². The third kappa shape index (κ3) is 5.19.